The Bertz CT molecular complexity index is 364. The van der Waals surface area contributed by atoms with Gasteiger partial charge < -0.3 is 10.5 Å². The molecule has 0 aromatic heterocycles. The summed E-state index contributed by atoms with van der Waals surface area (Å²) in [4.78, 5) is 0. The van der Waals surface area contributed by atoms with Gasteiger partial charge in [0, 0.05) is 11.1 Å². The zero-order valence-corrected chi connectivity index (χ0v) is 10.2. The van der Waals surface area contributed by atoms with E-state index in [1.807, 2.05) is 25.1 Å². The number of nitrogens with two attached hydrogens (primary N) is 1. The highest BCUT2D eigenvalue weighted by Crippen LogP contribution is 2.54. The van der Waals surface area contributed by atoms with Crippen LogP contribution in [0.3, 0.4) is 0 Å². The lowest BCUT2D eigenvalue weighted by molar-refractivity contribution is 0.332. The van der Waals surface area contributed by atoms with Crippen LogP contribution in [0.1, 0.15) is 38.7 Å². The third kappa shape index (κ3) is 1.94. The van der Waals surface area contributed by atoms with Gasteiger partial charge in [0.05, 0.1) is 6.61 Å². The zero-order valence-electron chi connectivity index (χ0n) is 10.2. The highest BCUT2D eigenvalue weighted by atomic mass is 16.5. The van der Waals surface area contributed by atoms with Gasteiger partial charge in [0.2, 0.25) is 0 Å². The van der Waals surface area contributed by atoms with Crippen LogP contribution in [0.2, 0.25) is 0 Å². The van der Waals surface area contributed by atoms with E-state index in [1.54, 1.807) is 0 Å². The quantitative estimate of drug-likeness (QED) is 0.826. The number of rotatable bonds is 5. The minimum Gasteiger partial charge on any atom is -0.494 e. The lowest BCUT2D eigenvalue weighted by atomic mass is 10.0. The summed E-state index contributed by atoms with van der Waals surface area (Å²) in [5.41, 5.74) is 7.52. The molecule has 16 heavy (non-hydrogen) atoms. The summed E-state index contributed by atoms with van der Waals surface area (Å²) >= 11 is 0. The Kier molecular flexibility index (Phi) is 3.20. The van der Waals surface area contributed by atoms with Crippen molar-refractivity contribution in [2.24, 2.45) is 11.7 Å². The van der Waals surface area contributed by atoms with Crippen LogP contribution in [0, 0.1) is 5.92 Å². The van der Waals surface area contributed by atoms with Crippen molar-refractivity contribution < 1.29 is 4.74 Å². The minimum atomic E-state index is -0.123. The van der Waals surface area contributed by atoms with Crippen molar-refractivity contribution in [2.45, 2.75) is 38.6 Å². The minimum absolute atomic E-state index is 0.123. The van der Waals surface area contributed by atoms with Crippen LogP contribution >= 0.6 is 0 Å². The third-order valence-electron chi connectivity index (χ3n) is 3.48. The van der Waals surface area contributed by atoms with Crippen LogP contribution < -0.4 is 10.5 Å². The Labute approximate surface area is 97.8 Å². The van der Waals surface area contributed by atoms with Gasteiger partial charge in [-0.2, -0.15) is 0 Å². The van der Waals surface area contributed by atoms with Crippen LogP contribution in [-0.4, -0.2) is 6.61 Å². The average molecular weight is 219 g/mol. The largest absolute Gasteiger partial charge is 0.494 e. The van der Waals surface area contributed by atoms with Gasteiger partial charge in [-0.3, -0.25) is 0 Å². The summed E-state index contributed by atoms with van der Waals surface area (Å²) in [6, 6.07) is 8.19. The van der Waals surface area contributed by atoms with Crippen LogP contribution in [0.4, 0.5) is 0 Å². The summed E-state index contributed by atoms with van der Waals surface area (Å²) in [6.07, 6.45) is 3.53. The number of benzene rings is 1. The molecule has 1 fully saturated rings. The van der Waals surface area contributed by atoms with E-state index in [0.717, 1.165) is 12.2 Å². The standard InChI is InChI=1S/C14H21NO/c1-3-7-11-10-14(11,15)12-8-5-6-9-13(12)16-4-2/h5-6,8-9,11H,3-4,7,10,15H2,1-2H3. The Morgan fingerprint density at radius 1 is 1.38 bits per heavy atom. The van der Waals surface area contributed by atoms with Crippen molar-refractivity contribution >= 4 is 0 Å². The molecule has 2 heteroatoms. The van der Waals surface area contributed by atoms with Gasteiger partial charge in [0.25, 0.3) is 0 Å². The van der Waals surface area contributed by atoms with Crippen LogP contribution in [-0.2, 0) is 5.54 Å². The predicted molar refractivity (Wildman–Crippen MR) is 66.5 cm³/mol. The lowest BCUT2D eigenvalue weighted by Crippen LogP contribution is -2.23. The molecule has 0 bridgehead atoms. The maximum absolute atomic E-state index is 6.45. The lowest BCUT2D eigenvalue weighted by Gasteiger charge is -2.16. The molecule has 1 aromatic carbocycles. The Morgan fingerprint density at radius 2 is 2.12 bits per heavy atom. The summed E-state index contributed by atoms with van der Waals surface area (Å²) in [5, 5.41) is 0. The fourth-order valence-corrected chi connectivity index (χ4v) is 2.52. The molecule has 88 valence electrons. The van der Waals surface area contributed by atoms with Crippen molar-refractivity contribution in [2.75, 3.05) is 6.61 Å². The highest BCUT2D eigenvalue weighted by molar-refractivity contribution is 5.43. The molecule has 2 nitrogen and oxygen atoms in total. The molecule has 0 aliphatic heterocycles. The number of para-hydroxylation sites is 1. The summed E-state index contributed by atoms with van der Waals surface area (Å²) in [5.74, 6) is 1.60. The molecule has 1 aliphatic carbocycles. The molecule has 1 saturated carbocycles. The molecule has 0 radical (unpaired) electrons. The first-order valence-electron chi connectivity index (χ1n) is 6.23. The monoisotopic (exact) mass is 219 g/mol. The van der Waals surface area contributed by atoms with Gasteiger partial charge in [-0.1, -0.05) is 31.5 Å². The molecule has 0 saturated heterocycles. The second kappa shape index (κ2) is 4.46. The van der Waals surface area contributed by atoms with Gasteiger partial charge in [0.15, 0.2) is 0 Å². The second-order valence-electron chi connectivity index (χ2n) is 4.66. The number of hydrogen-bond acceptors (Lipinski definition) is 2. The molecular formula is C14H21NO. The third-order valence-corrected chi connectivity index (χ3v) is 3.48. The maximum atomic E-state index is 6.45. The summed E-state index contributed by atoms with van der Waals surface area (Å²) in [7, 11) is 0. The van der Waals surface area contributed by atoms with Crippen molar-refractivity contribution in [3.8, 4) is 5.75 Å². The molecule has 1 aliphatic rings. The van der Waals surface area contributed by atoms with Gasteiger partial charge in [-0.15, -0.1) is 0 Å². The van der Waals surface area contributed by atoms with Crippen molar-refractivity contribution in [3.05, 3.63) is 29.8 Å². The summed E-state index contributed by atoms with van der Waals surface area (Å²) < 4.78 is 5.65. The highest BCUT2D eigenvalue weighted by Gasteiger charge is 2.52. The topological polar surface area (TPSA) is 35.2 Å². The van der Waals surface area contributed by atoms with Gasteiger partial charge in [-0.25, -0.2) is 0 Å². The molecule has 0 amide bonds. The van der Waals surface area contributed by atoms with E-state index in [4.69, 9.17) is 10.5 Å². The first-order valence-corrected chi connectivity index (χ1v) is 6.23. The molecule has 2 atom stereocenters. The molecule has 2 N–H and O–H groups in total. The van der Waals surface area contributed by atoms with E-state index >= 15 is 0 Å². The van der Waals surface area contributed by atoms with Crippen LogP contribution in [0.5, 0.6) is 5.75 Å². The number of ether oxygens (including phenoxy) is 1. The first kappa shape index (κ1) is 11.5. The summed E-state index contributed by atoms with van der Waals surface area (Å²) in [6.45, 7) is 4.93. The Balaban J connectivity index is 2.21. The van der Waals surface area contributed by atoms with Gasteiger partial charge in [-0.05, 0) is 31.7 Å². The van der Waals surface area contributed by atoms with Crippen molar-refractivity contribution in [3.63, 3.8) is 0 Å². The predicted octanol–water partition coefficient (Wildman–Crippen LogP) is 3.06. The van der Waals surface area contributed by atoms with Crippen molar-refractivity contribution in [1.29, 1.82) is 0 Å². The normalized spacial score (nSPS) is 27.8. The Hall–Kier alpha value is -1.02. The van der Waals surface area contributed by atoms with Gasteiger partial charge >= 0.3 is 0 Å². The van der Waals surface area contributed by atoms with E-state index in [-0.39, 0.29) is 5.54 Å². The Morgan fingerprint density at radius 3 is 2.81 bits per heavy atom. The molecule has 0 heterocycles. The van der Waals surface area contributed by atoms with Crippen molar-refractivity contribution in [1.82, 2.24) is 0 Å². The zero-order chi connectivity index (χ0) is 11.6. The average Bonchev–Trinajstić information content (AvgIpc) is 2.92. The van der Waals surface area contributed by atoms with E-state index in [0.29, 0.717) is 12.5 Å². The fourth-order valence-electron chi connectivity index (χ4n) is 2.52. The van der Waals surface area contributed by atoms with Crippen LogP contribution in [0.15, 0.2) is 24.3 Å². The molecule has 2 rings (SSSR count). The second-order valence-corrected chi connectivity index (χ2v) is 4.66. The van der Waals surface area contributed by atoms with E-state index in [1.165, 1.54) is 18.4 Å². The SMILES string of the molecule is CCCC1CC1(N)c1ccccc1OCC. The molecule has 0 spiro atoms. The van der Waals surface area contributed by atoms with Gasteiger partial charge in [0.1, 0.15) is 5.75 Å². The van der Waals surface area contributed by atoms with Crippen LogP contribution in [0.25, 0.3) is 0 Å². The molecular weight excluding hydrogens is 198 g/mol. The molecule has 2 unspecified atom stereocenters. The molecule has 1 aromatic rings. The van der Waals surface area contributed by atoms with E-state index in [2.05, 4.69) is 13.0 Å². The fraction of sp³-hybridized carbons (Fsp3) is 0.571. The maximum Gasteiger partial charge on any atom is 0.124 e. The van der Waals surface area contributed by atoms with E-state index in [9.17, 15) is 0 Å². The number of hydrogen-bond donors (Lipinski definition) is 1. The van der Waals surface area contributed by atoms with E-state index < -0.39 is 0 Å². The smallest absolute Gasteiger partial charge is 0.124 e. The first-order chi connectivity index (χ1) is 7.72.